The van der Waals surface area contributed by atoms with Crippen molar-refractivity contribution in [3.63, 3.8) is 0 Å². The van der Waals surface area contributed by atoms with Gasteiger partial charge < -0.3 is 9.84 Å². The molecule has 0 spiro atoms. The number of ether oxygens (including phenoxy) is 1. The van der Waals surface area contributed by atoms with Crippen LogP contribution in [-0.2, 0) is 10.2 Å². The summed E-state index contributed by atoms with van der Waals surface area (Å²) >= 11 is 0. The smallest absolute Gasteiger partial charge is 0.318 e. The average Bonchev–Trinajstić information content (AvgIpc) is 2.48. The number of carbonyl (C=O) groups is 1. The predicted octanol–water partition coefficient (Wildman–Crippen LogP) is 4.71. The minimum atomic E-state index is -0.449. The first-order valence-corrected chi connectivity index (χ1v) is 7.81. The summed E-state index contributed by atoms with van der Waals surface area (Å²) in [6, 6.07) is 12.7. The second kappa shape index (κ2) is 6.45. The molecule has 3 heteroatoms. The van der Waals surface area contributed by atoms with E-state index in [1.54, 1.807) is 25.1 Å². The molecule has 23 heavy (non-hydrogen) atoms. The number of esters is 1. The quantitative estimate of drug-likeness (QED) is 0.659. The summed E-state index contributed by atoms with van der Waals surface area (Å²) in [5.74, 6) is -0.0349. The number of aryl methyl sites for hydroxylation is 1. The normalized spacial score (nSPS) is 12.7. The number of hydrogen-bond donors (Lipinski definition) is 1. The lowest BCUT2D eigenvalue weighted by Gasteiger charge is -2.23. The van der Waals surface area contributed by atoms with Crippen LogP contribution >= 0.6 is 0 Å². The van der Waals surface area contributed by atoms with E-state index in [1.165, 1.54) is 0 Å². The molecule has 2 rings (SSSR count). The minimum Gasteiger partial charge on any atom is -0.508 e. The molecule has 0 fully saturated rings. The highest BCUT2D eigenvalue weighted by molar-refractivity contribution is 5.80. The first kappa shape index (κ1) is 17.1. The van der Waals surface area contributed by atoms with E-state index in [4.69, 9.17) is 4.74 Å². The summed E-state index contributed by atoms with van der Waals surface area (Å²) in [6.45, 7) is 9.90. The van der Waals surface area contributed by atoms with E-state index in [1.807, 2.05) is 52.0 Å². The Kier molecular flexibility index (Phi) is 4.79. The number of rotatable bonds is 3. The maximum absolute atomic E-state index is 12.4. The lowest BCUT2D eigenvalue weighted by molar-refractivity contribution is -0.135. The van der Waals surface area contributed by atoms with Gasteiger partial charge >= 0.3 is 5.97 Å². The van der Waals surface area contributed by atoms with Crippen LogP contribution in [0, 0.1) is 6.92 Å². The zero-order valence-electron chi connectivity index (χ0n) is 14.4. The molecule has 0 amide bonds. The van der Waals surface area contributed by atoms with Crippen molar-refractivity contribution in [3.05, 3.63) is 59.2 Å². The largest absolute Gasteiger partial charge is 0.508 e. The van der Waals surface area contributed by atoms with E-state index in [2.05, 4.69) is 0 Å². The van der Waals surface area contributed by atoms with E-state index in [0.29, 0.717) is 5.75 Å². The average molecular weight is 312 g/mol. The molecule has 1 atom stereocenters. The van der Waals surface area contributed by atoms with Crippen molar-refractivity contribution in [1.29, 1.82) is 0 Å². The molecule has 2 aromatic rings. The number of benzene rings is 2. The Balaban J connectivity index is 2.27. The molecule has 0 aliphatic heterocycles. The Hall–Kier alpha value is -2.29. The second-order valence-corrected chi connectivity index (χ2v) is 6.93. The van der Waals surface area contributed by atoms with Crippen molar-refractivity contribution in [1.82, 2.24) is 0 Å². The van der Waals surface area contributed by atoms with Gasteiger partial charge in [-0.2, -0.15) is 0 Å². The van der Waals surface area contributed by atoms with Gasteiger partial charge in [-0.3, -0.25) is 4.79 Å². The monoisotopic (exact) mass is 312 g/mol. The molecule has 0 aromatic heterocycles. The molecule has 0 saturated carbocycles. The lowest BCUT2D eigenvalue weighted by atomic mass is 9.83. The van der Waals surface area contributed by atoms with Crippen molar-refractivity contribution in [2.45, 2.75) is 46.0 Å². The first-order chi connectivity index (χ1) is 10.7. The molecule has 0 radical (unpaired) electrons. The van der Waals surface area contributed by atoms with Crippen molar-refractivity contribution < 1.29 is 14.6 Å². The molecule has 0 aliphatic rings. The third-order valence-corrected chi connectivity index (χ3v) is 3.97. The Morgan fingerprint density at radius 2 is 1.74 bits per heavy atom. The molecule has 0 bridgehead atoms. The number of phenols is 1. The highest BCUT2D eigenvalue weighted by Crippen LogP contribution is 2.35. The Bertz CT molecular complexity index is 697. The predicted molar refractivity (Wildman–Crippen MR) is 92.0 cm³/mol. The fourth-order valence-corrected chi connectivity index (χ4v) is 2.60. The van der Waals surface area contributed by atoms with Gasteiger partial charge in [-0.05, 0) is 54.2 Å². The summed E-state index contributed by atoms with van der Waals surface area (Å²) in [6.07, 6.45) is 0. The Morgan fingerprint density at radius 3 is 2.30 bits per heavy atom. The Labute approximate surface area is 137 Å². The van der Waals surface area contributed by atoms with Gasteiger partial charge in [0.25, 0.3) is 0 Å². The number of phenolic OH excluding ortho intramolecular Hbond substituents is 1. The SMILES string of the molecule is Cc1cc(C(C)(C)C)c(O)cc1C(C)C(=O)Oc1ccccc1. The van der Waals surface area contributed by atoms with Gasteiger partial charge in [-0.25, -0.2) is 0 Å². The summed E-state index contributed by atoms with van der Waals surface area (Å²) in [4.78, 5) is 12.4. The van der Waals surface area contributed by atoms with Crippen LogP contribution in [0.25, 0.3) is 0 Å². The number of hydrogen-bond acceptors (Lipinski definition) is 3. The topological polar surface area (TPSA) is 46.5 Å². The van der Waals surface area contributed by atoms with Gasteiger partial charge in [0.2, 0.25) is 0 Å². The lowest BCUT2D eigenvalue weighted by Crippen LogP contribution is -2.18. The molecule has 0 saturated heterocycles. The van der Waals surface area contributed by atoms with Crippen molar-refractivity contribution in [3.8, 4) is 11.5 Å². The highest BCUT2D eigenvalue weighted by Gasteiger charge is 2.24. The van der Waals surface area contributed by atoms with E-state index in [-0.39, 0.29) is 17.1 Å². The number of carbonyl (C=O) groups excluding carboxylic acids is 1. The molecule has 1 N–H and O–H groups in total. The standard InChI is InChI=1S/C20H24O3/c1-13-11-17(20(3,4)5)18(21)12-16(13)14(2)19(22)23-15-9-7-6-8-10-15/h6-12,14,21H,1-5H3. The second-order valence-electron chi connectivity index (χ2n) is 6.93. The van der Waals surface area contributed by atoms with Gasteiger partial charge in [0.15, 0.2) is 0 Å². The van der Waals surface area contributed by atoms with Crippen LogP contribution in [0.1, 0.15) is 50.3 Å². The fourth-order valence-electron chi connectivity index (χ4n) is 2.60. The summed E-state index contributed by atoms with van der Waals surface area (Å²) < 4.78 is 5.40. The molecule has 122 valence electrons. The van der Waals surface area contributed by atoms with Crippen LogP contribution in [0.5, 0.6) is 11.5 Å². The van der Waals surface area contributed by atoms with Crippen molar-refractivity contribution in [2.24, 2.45) is 0 Å². The molecule has 0 aliphatic carbocycles. The van der Waals surface area contributed by atoms with E-state index < -0.39 is 5.92 Å². The van der Waals surface area contributed by atoms with Gasteiger partial charge in [0.1, 0.15) is 11.5 Å². The molecule has 0 heterocycles. The van der Waals surface area contributed by atoms with Crippen LogP contribution < -0.4 is 4.74 Å². The number of para-hydroxylation sites is 1. The number of aromatic hydroxyl groups is 1. The van der Waals surface area contributed by atoms with Crippen LogP contribution in [-0.4, -0.2) is 11.1 Å². The van der Waals surface area contributed by atoms with Gasteiger partial charge in [-0.15, -0.1) is 0 Å². The van der Waals surface area contributed by atoms with Crippen molar-refractivity contribution >= 4 is 5.97 Å². The molecular formula is C20H24O3. The highest BCUT2D eigenvalue weighted by atomic mass is 16.5. The van der Waals surface area contributed by atoms with Crippen LogP contribution in [0.3, 0.4) is 0 Å². The first-order valence-electron chi connectivity index (χ1n) is 7.81. The summed E-state index contributed by atoms with van der Waals surface area (Å²) in [7, 11) is 0. The molecule has 2 aromatic carbocycles. The third-order valence-electron chi connectivity index (χ3n) is 3.97. The van der Waals surface area contributed by atoms with Crippen molar-refractivity contribution in [2.75, 3.05) is 0 Å². The Morgan fingerprint density at radius 1 is 1.13 bits per heavy atom. The zero-order chi connectivity index (χ0) is 17.2. The van der Waals surface area contributed by atoms with Gasteiger partial charge in [0.05, 0.1) is 5.92 Å². The van der Waals surface area contributed by atoms with E-state index in [0.717, 1.165) is 16.7 Å². The van der Waals surface area contributed by atoms with Crippen LogP contribution in [0.4, 0.5) is 0 Å². The van der Waals surface area contributed by atoms with Crippen LogP contribution in [0.15, 0.2) is 42.5 Å². The fraction of sp³-hybridized carbons (Fsp3) is 0.350. The zero-order valence-corrected chi connectivity index (χ0v) is 14.4. The van der Waals surface area contributed by atoms with Gasteiger partial charge in [-0.1, -0.05) is 45.0 Å². The maximum atomic E-state index is 12.4. The third kappa shape index (κ3) is 3.92. The summed E-state index contributed by atoms with van der Waals surface area (Å²) in [5.41, 5.74) is 2.49. The molecule has 3 nitrogen and oxygen atoms in total. The van der Waals surface area contributed by atoms with Gasteiger partial charge in [0, 0.05) is 0 Å². The van der Waals surface area contributed by atoms with Crippen LogP contribution in [0.2, 0.25) is 0 Å². The minimum absolute atomic E-state index is 0.152. The molecule has 1 unspecified atom stereocenters. The van der Waals surface area contributed by atoms with E-state index >= 15 is 0 Å². The molecular weight excluding hydrogens is 288 g/mol. The summed E-state index contributed by atoms with van der Waals surface area (Å²) in [5, 5.41) is 10.3. The maximum Gasteiger partial charge on any atom is 0.318 e. The van der Waals surface area contributed by atoms with E-state index in [9.17, 15) is 9.90 Å².